The number of anilines is 2. The molecule has 0 bridgehead atoms. The van der Waals surface area contributed by atoms with E-state index in [0.29, 0.717) is 85.1 Å². The number of nitrogens with one attached hydrogen (secondary N) is 1. The van der Waals surface area contributed by atoms with Crippen LogP contribution in [0.15, 0.2) is 42.7 Å². The molecule has 1 fully saturated rings. The molecule has 4 heterocycles. The number of fused-ring (bicyclic) bond motifs is 1. The van der Waals surface area contributed by atoms with Crippen molar-refractivity contribution in [2.24, 2.45) is 0 Å². The Balaban J connectivity index is 1.05. The molecule has 0 aromatic carbocycles. The Labute approximate surface area is 300 Å². The molecule has 282 valence electrons. The van der Waals surface area contributed by atoms with E-state index in [1.54, 1.807) is 12.3 Å². The summed E-state index contributed by atoms with van der Waals surface area (Å²) >= 11 is 0. The van der Waals surface area contributed by atoms with Gasteiger partial charge in [0.15, 0.2) is 5.65 Å². The summed E-state index contributed by atoms with van der Waals surface area (Å²) in [6, 6.07) is 6.20. The van der Waals surface area contributed by atoms with Gasteiger partial charge in [-0.2, -0.15) is 9.61 Å². The average molecular weight is 715 g/mol. The van der Waals surface area contributed by atoms with E-state index in [0.717, 1.165) is 60.6 Å². The molecule has 2 N–H and O–H groups in total. The van der Waals surface area contributed by atoms with E-state index in [1.165, 1.54) is 19.6 Å². The summed E-state index contributed by atoms with van der Waals surface area (Å²) in [4.78, 5) is 22.7. The lowest BCUT2D eigenvalue weighted by molar-refractivity contribution is -0.134. The number of hydrogen-bond acceptors (Lipinski definition) is 14. The molecule has 0 aliphatic carbocycles. The molecule has 4 rings (SSSR count). The van der Waals surface area contributed by atoms with Gasteiger partial charge in [0.05, 0.1) is 79.4 Å². The zero-order valence-electron chi connectivity index (χ0n) is 30.0. The van der Waals surface area contributed by atoms with E-state index in [-0.39, 0.29) is 12.6 Å². The van der Waals surface area contributed by atoms with Gasteiger partial charge in [-0.25, -0.2) is 14.8 Å². The topological polar surface area (TPSA) is 160 Å². The molecule has 0 radical (unpaired) electrons. The standard InChI is InChI=1S/C36H54N6O9/c1-3-30-28-39-42-32(25-33(40-36(30)42)41-12-5-4-7-31(41)11-13-43)37-26-29-9-10-34(38-27-29)51-24-23-50-22-21-49-20-19-48-18-17-47-16-15-46-14-6-8-35(44)45-2/h6,8-10,25,27-28,31,37,43H,3-5,7,11-24,26H2,1-2H3/b8-6+. The third kappa shape index (κ3) is 14.0. The minimum atomic E-state index is -0.406. The van der Waals surface area contributed by atoms with E-state index in [4.69, 9.17) is 33.4 Å². The monoisotopic (exact) mass is 714 g/mol. The van der Waals surface area contributed by atoms with Gasteiger partial charge in [0.1, 0.15) is 18.2 Å². The van der Waals surface area contributed by atoms with E-state index >= 15 is 0 Å². The minimum absolute atomic E-state index is 0.173. The predicted octanol–water partition coefficient (Wildman–Crippen LogP) is 3.23. The van der Waals surface area contributed by atoms with Crippen molar-refractivity contribution < 1.29 is 43.1 Å². The quantitative estimate of drug-likeness (QED) is 0.0709. The molecule has 0 spiro atoms. The number of aliphatic hydroxyl groups excluding tert-OH is 1. The smallest absolute Gasteiger partial charge is 0.330 e. The van der Waals surface area contributed by atoms with Crippen LogP contribution in [0.3, 0.4) is 0 Å². The van der Waals surface area contributed by atoms with Gasteiger partial charge >= 0.3 is 5.97 Å². The van der Waals surface area contributed by atoms with Crippen LogP contribution in [0, 0.1) is 0 Å². The molecule has 15 nitrogen and oxygen atoms in total. The molecule has 1 saturated heterocycles. The number of aliphatic hydroxyl groups is 1. The number of aromatic nitrogens is 4. The van der Waals surface area contributed by atoms with Crippen molar-refractivity contribution in [2.45, 2.75) is 51.6 Å². The van der Waals surface area contributed by atoms with Crippen molar-refractivity contribution in [3.8, 4) is 5.88 Å². The number of aryl methyl sites for hydroxylation is 1. The SMILES string of the molecule is CCc1cnn2c(NCc3ccc(OCCOCCOCCOCCOCCOC/C=C/C(=O)OC)nc3)cc(N3CCCCC3CCO)nc12. The van der Waals surface area contributed by atoms with Gasteiger partial charge in [0.2, 0.25) is 5.88 Å². The largest absolute Gasteiger partial charge is 0.475 e. The Kier molecular flexibility index (Phi) is 18.5. The lowest BCUT2D eigenvalue weighted by atomic mass is 9.99. The molecule has 1 unspecified atom stereocenters. The van der Waals surface area contributed by atoms with E-state index in [1.807, 2.05) is 22.8 Å². The number of piperidine rings is 1. The number of rotatable bonds is 26. The average Bonchev–Trinajstić information content (AvgIpc) is 3.58. The highest BCUT2D eigenvalue weighted by Crippen LogP contribution is 2.29. The lowest BCUT2D eigenvalue weighted by Crippen LogP contribution is -2.40. The second-order valence-electron chi connectivity index (χ2n) is 11.8. The van der Waals surface area contributed by atoms with Crippen molar-refractivity contribution in [3.63, 3.8) is 0 Å². The number of carbonyl (C=O) groups is 1. The summed E-state index contributed by atoms with van der Waals surface area (Å²) in [5.41, 5.74) is 2.96. The first-order chi connectivity index (χ1) is 25.1. The Morgan fingerprint density at radius 2 is 1.67 bits per heavy atom. The maximum Gasteiger partial charge on any atom is 0.330 e. The third-order valence-electron chi connectivity index (χ3n) is 8.20. The van der Waals surface area contributed by atoms with Crippen LogP contribution in [0.25, 0.3) is 5.65 Å². The molecule has 3 aromatic rings. The van der Waals surface area contributed by atoms with Gasteiger partial charge in [-0.3, -0.25) is 0 Å². The Bertz CT molecular complexity index is 1440. The first-order valence-electron chi connectivity index (χ1n) is 17.8. The molecule has 15 heteroatoms. The Hall–Kier alpha value is -3.86. The summed E-state index contributed by atoms with van der Waals surface area (Å²) in [5, 5.41) is 17.8. The fraction of sp³-hybridized carbons (Fsp3) is 0.611. The molecule has 1 aliphatic rings. The third-order valence-corrected chi connectivity index (χ3v) is 8.20. The number of hydrogen-bond donors (Lipinski definition) is 2. The highest BCUT2D eigenvalue weighted by atomic mass is 16.6. The molecule has 0 amide bonds. The number of methoxy groups -OCH3 is 1. The maximum absolute atomic E-state index is 10.9. The number of pyridine rings is 1. The van der Waals surface area contributed by atoms with Crippen LogP contribution in [0.5, 0.6) is 5.88 Å². The predicted molar refractivity (Wildman–Crippen MR) is 191 cm³/mol. The highest BCUT2D eigenvalue weighted by Gasteiger charge is 2.25. The Morgan fingerprint density at radius 3 is 2.31 bits per heavy atom. The summed E-state index contributed by atoms with van der Waals surface area (Å²) < 4.78 is 39.4. The fourth-order valence-electron chi connectivity index (χ4n) is 5.51. The van der Waals surface area contributed by atoms with Crippen molar-refractivity contribution in [2.75, 3.05) is 103 Å². The number of esters is 1. The maximum atomic E-state index is 10.9. The molecule has 51 heavy (non-hydrogen) atoms. The molecule has 0 saturated carbocycles. The van der Waals surface area contributed by atoms with Gasteiger partial charge in [-0.1, -0.05) is 19.1 Å². The van der Waals surface area contributed by atoms with Crippen LogP contribution in [0.1, 0.15) is 43.7 Å². The van der Waals surface area contributed by atoms with Crippen LogP contribution >= 0.6 is 0 Å². The highest BCUT2D eigenvalue weighted by molar-refractivity contribution is 5.81. The number of ether oxygens (including phenoxy) is 7. The first kappa shape index (κ1) is 39.9. The van der Waals surface area contributed by atoms with Gasteiger partial charge in [-0.05, 0) is 37.7 Å². The van der Waals surface area contributed by atoms with Gasteiger partial charge < -0.3 is 48.5 Å². The van der Waals surface area contributed by atoms with Crippen LogP contribution in [-0.4, -0.2) is 130 Å². The number of carbonyl (C=O) groups excluding carboxylic acids is 1. The van der Waals surface area contributed by atoms with Crippen molar-refractivity contribution >= 4 is 23.3 Å². The fourth-order valence-corrected chi connectivity index (χ4v) is 5.51. The second-order valence-corrected chi connectivity index (χ2v) is 11.8. The molecule has 1 atom stereocenters. The molecule has 1 aliphatic heterocycles. The van der Waals surface area contributed by atoms with Crippen molar-refractivity contribution in [1.82, 2.24) is 19.6 Å². The van der Waals surface area contributed by atoms with Gasteiger partial charge in [0.25, 0.3) is 0 Å². The van der Waals surface area contributed by atoms with E-state index in [9.17, 15) is 9.90 Å². The van der Waals surface area contributed by atoms with E-state index < -0.39 is 5.97 Å². The number of nitrogens with zero attached hydrogens (tertiary/aromatic N) is 5. The summed E-state index contributed by atoms with van der Waals surface area (Å²) in [5.74, 6) is 1.92. The van der Waals surface area contributed by atoms with Crippen LogP contribution in [0.2, 0.25) is 0 Å². The normalized spacial score (nSPS) is 14.8. The Morgan fingerprint density at radius 1 is 0.961 bits per heavy atom. The van der Waals surface area contributed by atoms with Gasteiger partial charge in [0, 0.05) is 55.7 Å². The zero-order chi connectivity index (χ0) is 35.9. The molecule has 3 aromatic heterocycles. The van der Waals surface area contributed by atoms with E-state index in [2.05, 4.69) is 38.0 Å². The van der Waals surface area contributed by atoms with Crippen LogP contribution < -0.4 is 15.0 Å². The van der Waals surface area contributed by atoms with Gasteiger partial charge in [-0.15, -0.1) is 0 Å². The molecular formula is C36H54N6O9. The first-order valence-corrected chi connectivity index (χ1v) is 17.8. The summed E-state index contributed by atoms with van der Waals surface area (Å²) in [6.07, 6.45) is 11.5. The van der Waals surface area contributed by atoms with Crippen LogP contribution in [-0.2, 0) is 46.2 Å². The zero-order valence-corrected chi connectivity index (χ0v) is 30.0. The van der Waals surface area contributed by atoms with Crippen molar-refractivity contribution in [1.29, 1.82) is 0 Å². The lowest BCUT2D eigenvalue weighted by Gasteiger charge is -2.36. The summed E-state index contributed by atoms with van der Waals surface area (Å²) in [7, 11) is 1.33. The van der Waals surface area contributed by atoms with Crippen molar-refractivity contribution in [3.05, 3.63) is 53.9 Å². The minimum Gasteiger partial charge on any atom is -0.475 e. The second kappa shape index (κ2) is 23.6. The molecular weight excluding hydrogens is 660 g/mol. The van der Waals surface area contributed by atoms with Crippen LogP contribution in [0.4, 0.5) is 11.6 Å². The summed E-state index contributed by atoms with van der Waals surface area (Å²) in [6.45, 7) is 8.59.